The van der Waals surface area contributed by atoms with Crippen molar-refractivity contribution in [3.63, 3.8) is 0 Å². The number of carbonyl (C=O) groups is 6. The van der Waals surface area contributed by atoms with E-state index in [1.807, 2.05) is 20.8 Å². The monoisotopic (exact) mass is 681 g/mol. The number of ether oxygens (including phenoxy) is 1. The van der Waals surface area contributed by atoms with E-state index in [9.17, 15) is 33.9 Å². The summed E-state index contributed by atoms with van der Waals surface area (Å²) in [5, 5.41) is 20.1. The number of likely N-dealkylation sites (N-methyl/N-ethyl adjacent to an activating group) is 1. The normalized spacial score (nSPS) is 26.4. The molecule has 1 fully saturated rings. The van der Waals surface area contributed by atoms with Crippen LogP contribution in [0.3, 0.4) is 0 Å². The van der Waals surface area contributed by atoms with Crippen molar-refractivity contribution in [3.8, 4) is 0 Å². The Balaban J connectivity index is 3.41. The minimum atomic E-state index is -1.41. The van der Waals surface area contributed by atoms with E-state index in [0.29, 0.717) is 19.3 Å². The molecular weight excluding hydrogens is 618 g/mol. The number of aliphatic hydroxyl groups excluding tert-OH is 1. The number of esters is 1. The van der Waals surface area contributed by atoms with Crippen LogP contribution in [0.25, 0.3) is 0 Å². The quantitative estimate of drug-likeness (QED) is 0.137. The van der Waals surface area contributed by atoms with Crippen LogP contribution in [0.4, 0.5) is 0 Å². The SMILES string of the molecule is CCCCCCCCCC[C@H]1OC(=O)CNC(=O)[C@H](C)NC(=O)[C@H](CO)NC(=O)[C@H]([C@@H](C)CC)NC(=O)[C@H](CC(C)C)N(C)C(=O)[C@@H]1C. The molecule has 0 aromatic heterocycles. The minimum absolute atomic E-state index is 0.0165. The summed E-state index contributed by atoms with van der Waals surface area (Å²) in [5.74, 6) is -4.96. The second-order valence-corrected chi connectivity index (χ2v) is 13.7. The van der Waals surface area contributed by atoms with Crippen LogP contribution in [0.2, 0.25) is 0 Å². The zero-order valence-corrected chi connectivity index (χ0v) is 30.6. The molecule has 0 radical (unpaired) electrons. The molecule has 0 spiro atoms. The molecule has 1 rings (SSSR count). The lowest BCUT2D eigenvalue weighted by Crippen LogP contribution is -2.60. The molecule has 0 bridgehead atoms. The first-order chi connectivity index (χ1) is 22.7. The average molecular weight is 682 g/mol. The molecule has 1 aliphatic rings. The van der Waals surface area contributed by atoms with Crippen LogP contribution < -0.4 is 21.3 Å². The van der Waals surface area contributed by atoms with Crippen LogP contribution in [0.1, 0.15) is 119 Å². The van der Waals surface area contributed by atoms with Crippen molar-refractivity contribution in [2.45, 2.75) is 149 Å². The van der Waals surface area contributed by atoms with Gasteiger partial charge in [0.05, 0.1) is 12.5 Å². The highest BCUT2D eigenvalue weighted by molar-refractivity contribution is 5.96. The van der Waals surface area contributed by atoms with Crippen LogP contribution in [0.5, 0.6) is 0 Å². The fraction of sp³-hybridized carbons (Fsp3) is 0.829. The van der Waals surface area contributed by atoms with Crippen LogP contribution in [-0.4, -0.2) is 96.0 Å². The standard InChI is InChI=1S/C35H63N5O8/c1-9-11-12-13-14-15-16-17-18-28-24(6)35(47)40(8)27(19-22(3)4)33(45)39-30(23(5)10-2)34(46)38-26(21-41)32(44)37-25(7)31(43)36-20-29(42)48-28/h22-28,30,41H,9-21H2,1-8H3,(H,36,43)(H,37,44)(H,38,46)(H,39,45)/t23-,24+,25-,26-,27-,28+,30-/m0/s1. The van der Waals surface area contributed by atoms with Gasteiger partial charge < -0.3 is 36.0 Å². The molecule has 13 heteroatoms. The van der Waals surface area contributed by atoms with Crippen molar-refractivity contribution in [3.05, 3.63) is 0 Å². The van der Waals surface area contributed by atoms with Crippen LogP contribution in [0, 0.1) is 17.8 Å². The summed E-state index contributed by atoms with van der Waals surface area (Å²) >= 11 is 0. The maximum absolute atomic E-state index is 14.0. The summed E-state index contributed by atoms with van der Waals surface area (Å²) in [4.78, 5) is 81.2. The van der Waals surface area contributed by atoms with Gasteiger partial charge in [-0.3, -0.25) is 28.8 Å². The van der Waals surface area contributed by atoms with Crippen molar-refractivity contribution < 1.29 is 38.6 Å². The van der Waals surface area contributed by atoms with Crippen molar-refractivity contribution in [2.75, 3.05) is 20.2 Å². The van der Waals surface area contributed by atoms with Gasteiger partial charge in [-0.25, -0.2) is 0 Å². The summed E-state index contributed by atoms with van der Waals surface area (Å²) in [7, 11) is 1.54. The second kappa shape index (κ2) is 22.4. The van der Waals surface area contributed by atoms with E-state index in [-0.39, 0.29) is 17.7 Å². The zero-order chi connectivity index (χ0) is 36.4. The lowest BCUT2D eigenvalue weighted by molar-refractivity contribution is -0.157. The van der Waals surface area contributed by atoms with E-state index in [4.69, 9.17) is 4.74 Å². The predicted octanol–water partition coefficient (Wildman–Crippen LogP) is 2.58. The molecule has 13 nitrogen and oxygen atoms in total. The van der Waals surface area contributed by atoms with E-state index in [1.54, 1.807) is 13.8 Å². The fourth-order valence-corrected chi connectivity index (χ4v) is 5.72. The first-order valence-corrected chi connectivity index (χ1v) is 17.9. The van der Waals surface area contributed by atoms with E-state index in [1.165, 1.54) is 44.6 Å². The highest BCUT2D eigenvalue weighted by atomic mass is 16.5. The molecule has 5 amide bonds. The smallest absolute Gasteiger partial charge is 0.325 e. The van der Waals surface area contributed by atoms with Crippen molar-refractivity contribution in [2.24, 2.45) is 17.8 Å². The fourth-order valence-electron chi connectivity index (χ4n) is 5.72. The summed E-state index contributed by atoms with van der Waals surface area (Å²) in [6, 6.07) is -4.52. The number of nitrogens with one attached hydrogen (secondary N) is 4. The highest BCUT2D eigenvalue weighted by Crippen LogP contribution is 2.22. The first kappa shape index (κ1) is 42.8. The Morgan fingerprint density at radius 1 is 0.812 bits per heavy atom. The number of hydrogen-bond acceptors (Lipinski definition) is 8. The number of hydrogen-bond donors (Lipinski definition) is 5. The third kappa shape index (κ3) is 14.5. The number of amides is 5. The van der Waals surface area contributed by atoms with E-state index < -0.39 is 78.9 Å². The lowest BCUT2D eigenvalue weighted by Gasteiger charge is -2.34. The Morgan fingerprint density at radius 2 is 1.42 bits per heavy atom. The first-order valence-electron chi connectivity index (χ1n) is 17.9. The summed E-state index contributed by atoms with van der Waals surface area (Å²) in [5.41, 5.74) is 0. The number of cyclic esters (lactones) is 1. The largest absolute Gasteiger partial charge is 0.460 e. The number of unbranched alkanes of at least 4 members (excludes halogenated alkanes) is 7. The topological polar surface area (TPSA) is 183 Å². The Labute approximate surface area is 287 Å². The van der Waals surface area contributed by atoms with Crippen LogP contribution in [0.15, 0.2) is 0 Å². The van der Waals surface area contributed by atoms with E-state index in [2.05, 4.69) is 28.2 Å². The molecule has 0 aromatic rings. The molecule has 276 valence electrons. The Bertz CT molecular complexity index is 1050. The molecule has 0 aliphatic carbocycles. The van der Waals surface area contributed by atoms with Crippen LogP contribution in [-0.2, 0) is 33.5 Å². The van der Waals surface area contributed by atoms with Gasteiger partial charge in [-0.15, -0.1) is 0 Å². The Hall–Kier alpha value is -3.22. The molecule has 1 heterocycles. The molecule has 1 saturated heterocycles. The molecule has 0 saturated carbocycles. The lowest BCUT2D eigenvalue weighted by atomic mass is 9.94. The van der Waals surface area contributed by atoms with Gasteiger partial charge in [0.1, 0.15) is 36.8 Å². The van der Waals surface area contributed by atoms with Gasteiger partial charge in [0.2, 0.25) is 29.5 Å². The Morgan fingerprint density at radius 3 is 1.98 bits per heavy atom. The van der Waals surface area contributed by atoms with Gasteiger partial charge in [-0.2, -0.15) is 0 Å². The maximum atomic E-state index is 14.0. The molecule has 0 aromatic carbocycles. The van der Waals surface area contributed by atoms with Gasteiger partial charge in [-0.1, -0.05) is 92.9 Å². The molecule has 0 unspecified atom stereocenters. The van der Waals surface area contributed by atoms with Gasteiger partial charge in [0.25, 0.3) is 0 Å². The molecule has 48 heavy (non-hydrogen) atoms. The average Bonchev–Trinajstić information content (AvgIpc) is 3.05. The van der Waals surface area contributed by atoms with Gasteiger partial charge >= 0.3 is 5.97 Å². The van der Waals surface area contributed by atoms with Crippen molar-refractivity contribution >= 4 is 35.5 Å². The molecule has 1 aliphatic heterocycles. The highest BCUT2D eigenvalue weighted by Gasteiger charge is 2.38. The summed E-state index contributed by atoms with van der Waals surface area (Å²) < 4.78 is 5.79. The third-order valence-corrected chi connectivity index (χ3v) is 9.15. The van der Waals surface area contributed by atoms with Gasteiger partial charge in [0.15, 0.2) is 0 Å². The molecule has 5 N–H and O–H groups in total. The number of aliphatic hydroxyl groups is 1. The Kier molecular flexibility index (Phi) is 20.0. The third-order valence-electron chi connectivity index (χ3n) is 9.15. The molecular formula is C35H63N5O8. The van der Waals surface area contributed by atoms with Crippen molar-refractivity contribution in [1.82, 2.24) is 26.2 Å². The van der Waals surface area contributed by atoms with Crippen LogP contribution >= 0.6 is 0 Å². The van der Waals surface area contributed by atoms with E-state index in [0.717, 1.165) is 25.7 Å². The minimum Gasteiger partial charge on any atom is -0.460 e. The number of carbonyl (C=O) groups excluding carboxylic acids is 6. The predicted molar refractivity (Wildman–Crippen MR) is 183 cm³/mol. The van der Waals surface area contributed by atoms with Crippen molar-refractivity contribution in [1.29, 1.82) is 0 Å². The maximum Gasteiger partial charge on any atom is 0.325 e. The van der Waals surface area contributed by atoms with Gasteiger partial charge in [0, 0.05) is 7.05 Å². The zero-order valence-electron chi connectivity index (χ0n) is 30.6. The summed E-state index contributed by atoms with van der Waals surface area (Å²) in [6.45, 7) is 11.5. The second-order valence-electron chi connectivity index (χ2n) is 13.7. The van der Waals surface area contributed by atoms with E-state index >= 15 is 0 Å². The molecule has 7 atom stereocenters. The number of rotatable bonds is 14. The summed E-state index contributed by atoms with van der Waals surface area (Å²) in [6.07, 6.45) is 9.03. The van der Waals surface area contributed by atoms with Gasteiger partial charge in [-0.05, 0) is 38.0 Å². The number of nitrogens with zero attached hydrogens (tertiary/aromatic N) is 1.